The van der Waals surface area contributed by atoms with Crippen molar-refractivity contribution >= 4 is 10.0 Å². The van der Waals surface area contributed by atoms with Crippen molar-refractivity contribution in [2.45, 2.75) is 58.0 Å². The van der Waals surface area contributed by atoms with E-state index in [4.69, 9.17) is 0 Å². The summed E-state index contributed by atoms with van der Waals surface area (Å²) >= 11 is 0. The van der Waals surface area contributed by atoms with Crippen LogP contribution < -0.4 is 10.0 Å². The predicted octanol–water partition coefficient (Wildman–Crippen LogP) is 1.24. The largest absolute Gasteiger partial charge is 0.313 e. The fourth-order valence-corrected chi connectivity index (χ4v) is 3.26. The van der Waals surface area contributed by atoms with Gasteiger partial charge in [0.15, 0.2) is 0 Å². The fourth-order valence-electron chi connectivity index (χ4n) is 2.02. The van der Waals surface area contributed by atoms with E-state index in [2.05, 4.69) is 10.0 Å². The first kappa shape index (κ1) is 13.9. The summed E-state index contributed by atoms with van der Waals surface area (Å²) in [5.41, 5.74) is 0. The van der Waals surface area contributed by atoms with E-state index in [1.54, 1.807) is 0 Å². The van der Waals surface area contributed by atoms with Crippen molar-refractivity contribution in [3.8, 4) is 0 Å². The number of sulfonamides is 1. The summed E-state index contributed by atoms with van der Waals surface area (Å²) in [7, 11) is -3.09. The Labute approximate surface area is 99.2 Å². The Morgan fingerprint density at radius 2 is 1.81 bits per heavy atom. The van der Waals surface area contributed by atoms with Gasteiger partial charge >= 0.3 is 0 Å². The lowest BCUT2D eigenvalue weighted by Gasteiger charge is -2.22. The van der Waals surface area contributed by atoms with E-state index in [0.29, 0.717) is 12.6 Å². The van der Waals surface area contributed by atoms with Gasteiger partial charge in [0, 0.05) is 18.6 Å². The van der Waals surface area contributed by atoms with Crippen LogP contribution in [0.15, 0.2) is 0 Å². The van der Waals surface area contributed by atoms with Gasteiger partial charge in [-0.2, -0.15) is 0 Å². The monoisotopic (exact) mass is 248 g/mol. The Hall–Kier alpha value is -0.130. The highest BCUT2D eigenvalue weighted by Crippen LogP contribution is 2.17. The maximum atomic E-state index is 11.7. The molecule has 4 nitrogen and oxygen atoms in total. The van der Waals surface area contributed by atoms with Crippen molar-refractivity contribution in [3.05, 3.63) is 0 Å². The minimum absolute atomic E-state index is 0.179. The maximum Gasteiger partial charge on any atom is 0.213 e. The van der Waals surface area contributed by atoms with Gasteiger partial charge in [-0.25, -0.2) is 13.1 Å². The van der Waals surface area contributed by atoms with Crippen LogP contribution in [0, 0.1) is 0 Å². The molecule has 0 spiro atoms. The lowest BCUT2D eigenvalue weighted by atomic mass is 9.96. The highest BCUT2D eigenvalue weighted by molar-refractivity contribution is 7.89. The van der Waals surface area contributed by atoms with Gasteiger partial charge < -0.3 is 5.32 Å². The normalized spacial score (nSPS) is 19.2. The zero-order valence-electron chi connectivity index (χ0n) is 10.3. The van der Waals surface area contributed by atoms with E-state index in [1.807, 2.05) is 13.8 Å². The number of nitrogens with one attached hydrogen (secondary N) is 2. The second-order valence-corrected chi connectivity index (χ2v) is 6.75. The third kappa shape index (κ3) is 5.82. The average Bonchev–Trinajstić information content (AvgIpc) is 2.17. The molecule has 0 amide bonds. The Bertz CT molecular complexity index is 282. The van der Waals surface area contributed by atoms with Crippen molar-refractivity contribution in [3.63, 3.8) is 0 Å². The van der Waals surface area contributed by atoms with Crippen LogP contribution >= 0.6 is 0 Å². The zero-order valence-corrected chi connectivity index (χ0v) is 11.1. The average molecular weight is 248 g/mol. The van der Waals surface area contributed by atoms with Gasteiger partial charge in [0.25, 0.3) is 0 Å². The maximum absolute atomic E-state index is 11.7. The quantitative estimate of drug-likeness (QED) is 0.743. The van der Waals surface area contributed by atoms with Crippen LogP contribution in [0.3, 0.4) is 0 Å². The fraction of sp³-hybridized carbons (Fsp3) is 1.00. The molecule has 0 heterocycles. The van der Waals surface area contributed by atoms with Gasteiger partial charge in [0.1, 0.15) is 0 Å². The molecular weight excluding hydrogens is 224 g/mol. The molecule has 0 aliphatic heterocycles. The third-order valence-electron chi connectivity index (χ3n) is 2.87. The molecule has 1 aliphatic carbocycles. The summed E-state index contributed by atoms with van der Waals surface area (Å²) in [6, 6.07) is 0.516. The van der Waals surface area contributed by atoms with Crippen LogP contribution in [0.1, 0.15) is 46.0 Å². The number of rotatable bonds is 6. The van der Waals surface area contributed by atoms with E-state index < -0.39 is 10.0 Å². The van der Waals surface area contributed by atoms with Crippen LogP contribution in [-0.4, -0.2) is 32.8 Å². The molecule has 1 saturated carbocycles. The van der Waals surface area contributed by atoms with Crippen molar-refractivity contribution in [2.75, 3.05) is 12.3 Å². The molecule has 0 radical (unpaired) electrons. The molecule has 96 valence electrons. The second-order valence-electron chi connectivity index (χ2n) is 4.88. The summed E-state index contributed by atoms with van der Waals surface area (Å²) in [5, 5.41) is 3.12. The highest BCUT2D eigenvalue weighted by Gasteiger charge is 2.19. The number of hydrogen-bond donors (Lipinski definition) is 2. The van der Waals surface area contributed by atoms with Gasteiger partial charge in [-0.15, -0.1) is 0 Å². The molecule has 2 N–H and O–H groups in total. The molecule has 0 unspecified atom stereocenters. The van der Waals surface area contributed by atoms with Crippen LogP contribution in [0.2, 0.25) is 0 Å². The van der Waals surface area contributed by atoms with E-state index in [1.165, 1.54) is 6.42 Å². The first-order valence-electron chi connectivity index (χ1n) is 6.23. The summed E-state index contributed by atoms with van der Waals surface area (Å²) in [6.45, 7) is 4.56. The van der Waals surface area contributed by atoms with E-state index in [9.17, 15) is 8.42 Å². The summed E-state index contributed by atoms with van der Waals surface area (Å²) < 4.78 is 26.3. The standard InChI is InChI=1S/C11H24N2O2S/c1-10(2)12-8-9-16(14,15)13-11-6-4-3-5-7-11/h10-13H,3-9H2,1-2H3. The lowest BCUT2D eigenvalue weighted by molar-refractivity contribution is 0.411. The molecular formula is C11H24N2O2S. The Kier molecular flexibility index (Phi) is 5.72. The topological polar surface area (TPSA) is 58.2 Å². The molecule has 0 saturated heterocycles. The Morgan fingerprint density at radius 3 is 2.38 bits per heavy atom. The molecule has 0 aromatic rings. The minimum atomic E-state index is -3.09. The minimum Gasteiger partial charge on any atom is -0.313 e. The molecule has 0 atom stereocenters. The zero-order chi connectivity index (χ0) is 12.0. The second kappa shape index (κ2) is 6.57. The van der Waals surface area contributed by atoms with Crippen molar-refractivity contribution in [1.29, 1.82) is 0 Å². The molecule has 16 heavy (non-hydrogen) atoms. The summed E-state index contributed by atoms with van der Waals surface area (Å²) in [5.74, 6) is 0.182. The highest BCUT2D eigenvalue weighted by atomic mass is 32.2. The van der Waals surface area contributed by atoms with Crippen LogP contribution in [-0.2, 0) is 10.0 Å². The van der Waals surface area contributed by atoms with Gasteiger partial charge in [-0.3, -0.25) is 0 Å². The molecule has 1 aliphatic rings. The summed E-state index contributed by atoms with van der Waals surface area (Å²) in [6.07, 6.45) is 5.54. The molecule has 1 rings (SSSR count). The molecule has 0 aromatic carbocycles. The van der Waals surface area contributed by atoms with E-state index in [0.717, 1.165) is 25.7 Å². The van der Waals surface area contributed by atoms with Crippen LogP contribution in [0.5, 0.6) is 0 Å². The van der Waals surface area contributed by atoms with Gasteiger partial charge in [-0.05, 0) is 12.8 Å². The Balaban J connectivity index is 2.27. The SMILES string of the molecule is CC(C)NCCS(=O)(=O)NC1CCCCC1. The molecule has 5 heteroatoms. The van der Waals surface area contributed by atoms with E-state index >= 15 is 0 Å². The van der Waals surface area contributed by atoms with Gasteiger partial charge in [-0.1, -0.05) is 33.1 Å². The third-order valence-corrected chi connectivity index (χ3v) is 4.31. The predicted molar refractivity (Wildman–Crippen MR) is 66.9 cm³/mol. The van der Waals surface area contributed by atoms with E-state index in [-0.39, 0.29) is 11.8 Å². The first-order valence-corrected chi connectivity index (χ1v) is 7.88. The van der Waals surface area contributed by atoms with Crippen LogP contribution in [0.25, 0.3) is 0 Å². The molecule has 1 fully saturated rings. The van der Waals surface area contributed by atoms with Crippen LogP contribution in [0.4, 0.5) is 0 Å². The molecule has 0 aromatic heterocycles. The smallest absolute Gasteiger partial charge is 0.213 e. The lowest BCUT2D eigenvalue weighted by Crippen LogP contribution is -2.40. The van der Waals surface area contributed by atoms with Crippen molar-refractivity contribution in [1.82, 2.24) is 10.0 Å². The van der Waals surface area contributed by atoms with Gasteiger partial charge in [0.05, 0.1) is 5.75 Å². The first-order chi connectivity index (χ1) is 7.49. The van der Waals surface area contributed by atoms with Crippen molar-refractivity contribution in [2.24, 2.45) is 0 Å². The van der Waals surface area contributed by atoms with Gasteiger partial charge in [0.2, 0.25) is 10.0 Å². The Morgan fingerprint density at radius 1 is 1.19 bits per heavy atom. The molecule has 0 bridgehead atoms. The van der Waals surface area contributed by atoms with Crippen molar-refractivity contribution < 1.29 is 8.42 Å². The summed E-state index contributed by atoms with van der Waals surface area (Å²) in [4.78, 5) is 0. The number of hydrogen-bond acceptors (Lipinski definition) is 3.